The van der Waals surface area contributed by atoms with E-state index in [9.17, 15) is 15.3 Å². The van der Waals surface area contributed by atoms with Gasteiger partial charge >= 0.3 is 0 Å². The number of aliphatic hydroxyl groups excluding tert-OH is 3. The van der Waals surface area contributed by atoms with E-state index in [0.717, 1.165) is 0 Å². The second-order valence-electron chi connectivity index (χ2n) is 5.64. The van der Waals surface area contributed by atoms with Gasteiger partial charge in [0, 0.05) is 0 Å². The summed E-state index contributed by atoms with van der Waals surface area (Å²) in [6, 6.07) is 0. The second-order valence-corrected chi connectivity index (χ2v) is 5.98. The number of imidazole rings is 1. The summed E-state index contributed by atoms with van der Waals surface area (Å²) in [7, 11) is 1.44. The molecule has 0 amide bonds. The number of fused-ring (bicyclic) bond motifs is 1. The molecule has 4 atom stereocenters. The van der Waals surface area contributed by atoms with Crippen LogP contribution in [-0.2, 0) is 4.74 Å². The molecule has 126 valence electrons. The van der Waals surface area contributed by atoms with Gasteiger partial charge in [0.1, 0.15) is 12.3 Å². The van der Waals surface area contributed by atoms with Gasteiger partial charge < -0.3 is 24.8 Å². The molecule has 3 N–H and O–H groups in total. The highest BCUT2D eigenvalue weighted by atomic mass is 35.5. The van der Waals surface area contributed by atoms with E-state index in [2.05, 4.69) is 15.0 Å². The molecule has 23 heavy (non-hydrogen) atoms. The Morgan fingerprint density at radius 2 is 2.17 bits per heavy atom. The summed E-state index contributed by atoms with van der Waals surface area (Å²) in [5, 5.41) is 29.4. The molecule has 0 aliphatic carbocycles. The average Bonchev–Trinajstić information content (AvgIpc) is 3.07. The normalized spacial score (nSPS) is 31.0. The number of rotatable bonds is 4. The first-order valence-electron chi connectivity index (χ1n) is 6.95. The Kier molecular flexibility index (Phi) is 4.15. The summed E-state index contributed by atoms with van der Waals surface area (Å²) in [6.45, 7) is 0.924. The van der Waals surface area contributed by atoms with Crippen LogP contribution in [0.25, 0.3) is 11.2 Å². The van der Waals surface area contributed by atoms with Crippen molar-refractivity contribution >= 4 is 22.8 Å². The van der Waals surface area contributed by atoms with E-state index in [4.69, 9.17) is 21.1 Å². The van der Waals surface area contributed by atoms with Crippen LogP contribution in [0.5, 0.6) is 5.88 Å². The number of aromatic nitrogens is 4. The van der Waals surface area contributed by atoms with Gasteiger partial charge in [0.15, 0.2) is 11.2 Å². The van der Waals surface area contributed by atoms with Gasteiger partial charge in [-0.25, -0.2) is 4.98 Å². The predicted octanol–water partition coefficient (Wildman–Crippen LogP) is -0.263. The summed E-state index contributed by atoms with van der Waals surface area (Å²) < 4.78 is 12.4. The number of aliphatic hydroxyl groups is 3. The third kappa shape index (κ3) is 2.36. The van der Waals surface area contributed by atoms with Crippen LogP contribution in [0.4, 0.5) is 0 Å². The monoisotopic (exact) mass is 344 g/mol. The summed E-state index contributed by atoms with van der Waals surface area (Å²) in [5.41, 5.74) is -0.328. The van der Waals surface area contributed by atoms with E-state index >= 15 is 0 Å². The fraction of sp³-hybridized carbons (Fsp3) is 0.615. The third-order valence-corrected chi connectivity index (χ3v) is 4.39. The van der Waals surface area contributed by atoms with Crippen molar-refractivity contribution in [3.8, 4) is 5.88 Å². The highest BCUT2D eigenvalue weighted by molar-refractivity contribution is 6.28. The molecule has 1 aliphatic heterocycles. The highest BCUT2D eigenvalue weighted by Crippen LogP contribution is 2.46. The molecule has 0 saturated carbocycles. The van der Waals surface area contributed by atoms with E-state index in [-0.39, 0.29) is 24.4 Å². The molecule has 1 aliphatic rings. The highest BCUT2D eigenvalue weighted by Gasteiger charge is 2.53. The lowest BCUT2D eigenvalue weighted by molar-refractivity contribution is -0.0595. The molecular weight excluding hydrogens is 328 g/mol. The van der Waals surface area contributed by atoms with Gasteiger partial charge in [-0.2, -0.15) is 9.97 Å². The van der Waals surface area contributed by atoms with Gasteiger partial charge in [0.2, 0.25) is 11.2 Å². The lowest BCUT2D eigenvalue weighted by Crippen LogP contribution is -2.41. The maximum Gasteiger partial charge on any atom is 0.246 e. The van der Waals surface area contributed by atoms with Gasteiger partial charge in [-0.3, -0.25) is 4.57 Å². The van der Waals surface area contributed by atoms with Crippen molar-refractivity contribution in [1.82, 2.24) is 19.5 Å². The van der Waals surface area contributed by atoms with E-state index in [0.29, 0.717) is 11.2 Å². The number of methoxy groups -OCH3 is 1. The van der Waals surface area contributed by atoms with Gasteiger partial charge in [0.25, 0.3) is 0 Å². The molecular formula is C13H17ClN4O5. The Morgan fingerprint density at radius 3 is 2.78 bits per heavy atom. The standard InChI is InChI=1S/C13H17ClN4O5/c1-13(4-20)8(21)6(3-19)23-11(13)18-5-15-7-9(18)16-12(14)17-10(7)22-2/h5-6,8,11,19-21H,3-4H2,1-2H3/t6-,8?,11-,13+/m1/s1. The Hall–Kier alpha value is -1.52. The molecule has 0 aromatic carbocycles. The van der Waals surface area contributed by atoms with Gasteiger partial charge in [-0.15, -0.1) is 0 Å². The zero-order valence-electron chi connectivity index (χ0n) is 12.5. The van der Waals surface area contributed by atoms with E-state index in [1.807, 2.05) is 0 Å². The SMILES string of the molecule is COc1nc(Cl)nc2c1ncn2[C@@H]1O[C@H](CO)C(O)[C@]1(C)CO. The lowest BCUT2D eigenvalue weighted by Gasteiger charge is -2.31. The van der Waals surface area contributed by atoms with Crippen LogP contribution in [0.3, 0.4) is 0 Å². The van der Waals surface area contributed by atoms with Crippen LogP contribution in [0.1, 0.15) is 13.2 Å². The van der Waals surface area contributed by atoms with Gasteiger partial charge in [0.05, 0.1) is 38.2 Å². The molecule has 0 bridgehead atoms. The molecule has 0 radical (unpaired) electrons. The van der Waals surface area contributed by atoms with Crippen LogP contribution in [0.2, 0.25) is 5.28 Å². The van der Waals surface area contributed by atoms with E-state index < -0.39 is 23.9 Å². The topological polar surface area (TPSA) is 123 Å². The predicted molar refractivity (Wildman–Crippen MR) is 79.1 cm³/mol. The molecule has 2 aromatic heterocycles. The van der Waals surface area contributed by atoms with Gasteiger partial charge in [-0.05, 0) is 11.6 Å². The Balaban J connectivity index is 2.14. The first-order valence-corrected chi connectivity index (χ1v) is 7.33. The fourth-order valence-electron chi connectivity index (χ4n) is 2.84. The van der Waals surface area contributed by atoms with E-state index in [1.165, 1.54) is 13.4 Å². The van der Waals surface area contributed by atoms with Crippen molar-refractivity contribution in [3.63, 3.8) is 0 Å². The van der Waals surface area contributed by atoms with Crippen molar-refractivity contribution in [1.29, 1.82) is 0 Å². The zero-order valence-corrected chi connectivity index (χ0v) is 13.3. The average molecular weight is 345 g/mol. The molecule has 1 fully saturated rings. The van der Waals surface area contributed by atoms with Crippen LogP contribution >= 0.6 is 11.6 Å². The van der Waals surface area contributed by atoms with Crippen LogP contribution in [-0.4, -0.2) is 67.4 Å². The van der Waals surface area contributed by atoms with Crippen molar-refractivity contribution in [2.45, 2.75) is 25.4 Å². The second kappa shape index (κ2) is 5.84. The van der Waals surface area contributed by atoms with Crippen molar-refractivity contribution in [2.75, 3.05) is 20.3 Å². The first kappa shape index (κ1) is 16.3. The molecule has 1 saturated heterocycles. The molecule has 3 rings (SSSR count). The summed E-state index contributed by atoms with van der Waals surface area (Å²) in [4.78, 5) is 12.3. The number of ether oxygens (including phenoxy) is 2. The van der Waals surface area contributed by atoms with Crippen molar-refractivity contribution in [3.05, 3.63) is 11.6 Å². The number of hydrogen-bond acceptors (Lipinski definition) is 8. The maximum absolute atomic E-state index is 10.3. The Bertz CT molecular complexity index is 726. The number of nitrogens with zero attached hydrogens (tertiary/aromatic N) is 4. The van der Waals surface area contributed by atoms with Gasteiger partial charge in [-0.1, -0.05) is 6.92 Å². The summed E-state index contributed by atoms with van der Waals surface area (Å²) in [5.74, 6) is 0.210. The molecule has 0 spiro atoms. The minimum atomic E-state index is -1.06. The lowest BCUT2D eigenvalue weighted by atomic mass is 9.83. The van der Waals surface area contributed by atoms with Crippen LogP contribution in [0.15, 0.2) is 6.33 Å². The number of hydrogen-bond donors (Lipinski definition) is 3. The largest absolute Gasteiger partial charge is 0.479 e. The van der Waals surface area contributed by atoms with Crippen LogP contribution < -0.4 is 4.74 Å². The maximum atomic E-state index is 10.3. The van der Waals surface area contributed by atoms with Crippen LogP contribution in [0, 0.1) is 5.41 Å². The Morgan fingerprint density at radius 1 is 1.43 bits per heavy atom. The summed E-state index contributed by atoms with van der Waals surface area (Å²) in [6.07, 6.45) is -1.23. The molecule has 1 unspecified atom stereocenters. The first-order chi connectivity index (χ1) is 11.0. The minimum absolute atomic E-state index is 0.0287. The minimum Gasteiger partial charge on any atom is -0.479 e. The quantitative estimate of drug-likeness (QED) is 0.648. The Labute approximate surface area is 136 Å². The molecule has 10 heteroatoms. The van der Waals surface area contributed by atoms with E-state index in [1.54, 1.807) is 11.5 Å². The summed E-state index contributed by atoms with van der Waals surface area (Å²) >= 11 is 5.90. The fourth-order valence-corrected chi connectivity index (χ4v) is 3.00. The molecule has 9 nitrogen and oxygen atoms in total. The number of halogens is 1. The third-order valence-electron chi connectivity index (χ3n) is 4.22. The smallest absolute Gasteiger partial charge is 0.246 e. The zero-order chi connectivity index (χ0) is 16.8. The van der Waals surface area contributed by atoms with Crippen molar-refractivity contribution in [2.24, 2.45) is 5.41 Å². The van der Waals surface area contributed by atoms with Crippen molar-refractivity contribution < 1.29 is 24.8 Å². The molecule has 3 heterocycles. The molecule has 2 aromatic rings.